The molecule has 3 aromatic rings. The van der Waals surface area contributed by atoms with Gasteiger partial charge in [0.1, 0.15) is 6.29 Å². The lowest BCUT2D eigenvalue weighted by Gasteiger charge is -1.99. The van der Waals surface area contributed by atoms with Gasteiger partial charge in [0.15, 0.2) is 0 Å². The van der Waals surface area contributed by atoms with Gasteiger partial charge in [0, 0.05) is 5.56 Å². The van der Waals surface area contributed by atoms with Crippen molar-refractivity contribution in [2.45, 2.75) is 45.4 Å². The summed E-state index contributed by atoms with van der Waals surface area (Å²) in [6.07, 6.45) is 6.91. The maximum Gasteiger partial charge on any atom is 0.307 e. The fraction of sp³-hybridized carbons (Fsp3) is 0.286. The molecule has 0 spiro atoms. The van der Waals surface area contributed by atoms with Crippen molar-refractivity contribution in [1.29, 1.82) is 0 Å². The molecular formula is C28H35NO3. The van der Waals surface area contributed by atoms with Gasteiger partial charge in [0.05, 0.1) is 6.42 Å². The highest BCUT2D eigenvalue weighted by atomic mass is 16.4. The van der Waals surface area contributed by atoms with Gasteiger partial charge in [-0.15, -0.1) is 0 Å². The lowest BCUT2D eigenvalue weighted by atomic mass is 10.1. The third kappa shape index (κ3) is 13.1. The van der Waals surface area contributed by atoms with Crippen LogP contribution in [0.2, 0.25) is 0 Å². The molecule has 32 heavy (non-hydrogen) atoms. The van der Waals surface area contributed by atoms with Crippen LogP contribution in [-0.4, -0.2) is 23.9 Å². The van der Waals surface area contributed by atoms with E-state index in [0.29, 0.717) is 0 Å². The van der Waals surface area contributed by atoms with Crippen molar-refractivity contribution in [1.82, 2.24) is 0 Å². The van der Waals surface area contributed by atoms with Crippen molar-refractivity contribution in [3.05, 3.63) is 107 Å². The zero-order chi connectivity index (χ0) is 23.4. The van der Waals surface area contributed by atoms with Crippen molar-refractivity contribution < 1.29 is 14.7 Å². The van der Waals surface area contributed by atoms with Gasteiger partial charge in [-0.1, -0.05) is 105 Å². The normalized spacial score (nSPS) is 9.56. The first kappa shape index (κ1) is 26.8. The SMILES string of the molecule is CCCCCc1ccc(C=O)cc1.NCCc1ccccc1.O=C(O)Cc1ccccc1. The molecule has 0 saturated heterocycles. The largest absolute Gasteiger partial charge is 0.481 e. The van der Waals surface area contributed by atoms with Crippen LogP contribution in [0, 0.1) is 0 Å². The summed E-state index contributed by atoms with van der Waals surface area (Å²) < 4.78 is 0. The maximum absolute atomic E-state index is 10.4. The first-order valence-electron chi connectivity index (χ1n) is 11.1. The number of nitrogens with two attached hydrogens (primary N) is 1. The van der Waals surface area contributed by atoms with Crippen LogP contribution in [0.15, 0.2) is 84.9 Å². The van der Waals surface area contributed by atoms with E-state index in [1.807, 2.05) is 60.7 Å². The Hall–Kier alpha value is -3.24. The Morgan fingerprint density at radius 3 is 1.78 bits per heavy atom. The van der Waals surface area contributed by atoms with Gasteiger partial charge in [0.2, 0.25) is 0 Å². The van der Waals surface area contributed by atoms with E-state index in [1.54, 1.807) is 12.1 Å². The number of carboxylic acids is 1. The molecule has 170 valence electrons. The van der Waals surface area contributed by atoms with E-state index in [1.165, 1.54) is 30.4 Å². The standard InChI is InChI=1S/C12H16O.C8H11N.C8H8O2/c1-2-3-4-5-11-6-8-12(10-13)9-7-11;9-7-6-8-4-2-1-3-5-8;9-8(10)6-7-4-2-1-3-5-7/h6-10H,2-5H2,1H3;1-5H,6-7,9H2;1-5H,6H2,(H,9,10). The number of carbonyl (C=O) groups is 2. The monoisotopic (exact) mass is 433 g/mol. The van der Waals surface area contributed by atoms with Crippen molar-refractivity contribution in [3.63, 3.8) is 0 Å². The number of hydrogen-bond acceptors (Lipinski definition) is 3. The average Bonchev–Trinajstić information content (AvgIpc) is 2.82. The molecule has 4 heteroatoms. The zero-order valence-electron chi connectivity index (χ0n) is 19.0. The smallest absolute Gasteiger partial charge is 0.307 e. The minimum absolute atomic E-state index is 0.112. The second-order valence-corrected chi connectivity index (χ2v) is 7.40. The van der Waals surface area contributed by atoms with Crippen LogP contribution in [0.1, 0.15) is 53.2 Å². The summed E-state index contributed by atoms with van der Waals surface area (Å²) in [7, 11) is 0. The molecular weight excluding hydrogens is 398 g/mol. The molecule has 0 radical (unpaired) electrons. The Labute approximate surface area is 192 Å². The third-order valence-electron chi connectivity index (χ3n) is 4.66. The van der Waals surface area contributed by atoms with Crippen LogP contribution in [-0.2, 0) is 24.1 Å². The fourth-order valence-corrected chi connectivity index (χ4v) is 2.92. The molecule has 0 aliphatic carbocycles. The van der Waals surface area contributed by atoms with E-state index in [9.17, 15) is 9.59 Å². The number of benzene rings is 3. The predicted octanol–water partition coefficient (Wildman–Crippen LogP) is 5.73. The molecule has 0 aliphatic rings. The van der Waals surface area contributed by atoms with E-state index in [2.05, 4.69) is 19.1 Å². The van der Waals surface area contributed by atoms with Crippen LogP contribution in [0.3, 0.4) is 0 Å². The van der Waals surface area contributed by atoms with Crippen LogP contribution >= 0.6 is 0 Å². The van der Waals surface area contributed by atoms with Crippen molar-refractivity contribution >= 4 is 12.3 Å². The Morgan fingerprint density at radius 1 is 0.781 bits per heavy atom. The van der Waals surface area contributed by atoms with E-state index >= 15 is 0 Å². The highest BCUT2D eigenvalue weighted by molar-refractivity contribution is 5.74. The lowest BCUT2D eigenvalue weighted by Crippen LogP contribution is -2.01. The van der Waals surface area contributed by atoms with Crippen LogP contribution in [0.25, 0.3) is 0 Å². The average molecular weight is 434 g/mol. The summed E-state index contributed by atoms with van der Waals surface area (Å²) in [6, 6.07) is 27.2. The highest BCUT2D eigenvalue weighted by Gasteiger charge is 1.96. The van der Waals surface area contributed by atoms with Crippen LogP contribution in [0.4, 0.5) is 0 Å². The number of hydrogen-bond donors (Lipinski definition) is 2. The Bertz CT molecular complexity index is 862. The van der Waals surface area contributed by atoms with Crippen molar-refractivity contribution in [3.8, 4) is 0 Å². The van der Waals surface area contributed by atoms with Gasteiger partial charge in [-0.2, -0.15) is 0 Å². The Morgan fingerprint density at radius 2 is 1.31 bits per heavy atom. The maximum atomic E-state index is 10.4. The molecule has 0 aliphatic heterocycles. The van der Waals surface area contributed by atoms with Gasteiger partial charge in [-0.3, -0.25) is 9.59 Å². The topological polar surface area (TPSA) is 80.4 Å². The summed E-state index contributed by atoms with van der Waals surface area (Å²) >= 11 is 0. The molecule has 0 amide bonds. The third-order valence-corrected chi connectivity index (χ3v) is 4.66. The number of carbonyl (C=O) groups excluding carboxylic acids is 1. The molecule has 0 saturated carbocycles. The van der Waals surface area contributed by atoms with Crippen molar-refractivity contribution in [2.24, 2.45) is 5.73 Å². The number of rotatable bonds is 9. The zero-order valence-corrected chi connectivity index (χ0v) is 19.0. The van der Waals surface area contributed by atoms with Crippen LogP contribution < -0.4 is 5.73 Å². The quantitative estimate of drug-likeness (QED) is 0.333. The van der Waals surface area contributed by atoms with E-state index < -0.39 is 5.97 Å². The Kier molecular flexibility index (Phi) is 14.6. The van der Waals surface area contributed by atoms with Crippen molar-refractivity contribution in [2.75, 3.05) is 6.54 Å². The molecule has 3 aromatic carbocycles. The summed E-state index contributed by atoms with van der Waals surface area (Å²) in [6.45, 7) is 2.94. The molecule has 0 aromatic heterocycles. The van der Waals surface area contributed by atoms with Gasteiger partial charge in [-0.25, -0.2) is 0 Å². The van der Waals surface area contributed by atoms with Gasteiger partial charge in [-0.05, 0) is 42.5 Å². The first-order chi connectivity index (χ1) is 15.6. The molecule has 0 bridgehead atoms. The molecule has 0 fully saturated rings. The van der Waals surface area contributed by atoms with Gasteiger partial charge < -0.3 is 10.8 Å². The second-order valence-electron chi connectivity index (χ2n) is 7.40. The summed E-state index contributed by atoms with van der Waals surface area (Å²) in [4.78, 5) is 20.5. The molecule has 0 unspecified atom stereocenters. The molecule has 0 atom stereocenters. The number of carboxylic acid groups (broad SMARTS) is 1. The molecule has 3 rings (SSSR count). The molecule has 3 N–H and O–H groups in total. The highest BCUT2D eigenvalue weighted by Crippen LogP contribution is 2.07. The van der Waals surface area contributed by atoms with Crippen LogP contribution in [0.5, 0.6) is 0 Å². The summed E-state index contributed by atoms with van der Waals surface area (Å²) in [5, 5.41) is 8.37. The minimum Gasteiger partial charge on any atom is -0.481 e. The summed E-state index contributed by atoms with van der Waals surface area (Å²) in [5.41, 5.74) is 9.62. The fourth-order valence-electron chi connectivity index (χ4n) is 2.92. The number of aryl methyl sites for hydroxylation is 1. The second kappa shape index (κ2) is 17.4. The number of aliphatic carboxylic acids is 1. The van der Waals surface area contributed by atoms with E-state index in [4.69, 9.17) is 10.8 Å². The first-order valence-corrected chi connectivity index (χ1v) is 11.1. The Balaban J connectivity index is 0.000000245. The summed E-state index contributed by atoms with van der Waals surface area (Å²) in [5.74, 6) is -0.786. The van der Waals surface area contributed by atoms with Gasteiger partial charge >= 0.3 is 5.97 Å². The lowest BCUT2D eigenvalue weighted by molar-refractivity contribution is -0.136. The minimum atomic E-state index is -0.786. The molecule has 4 nitrogen and oxygen atoms in total. The number of unbranched alkanes of at least 4 members (excludes halogenated alkanes) is 2. The van der Waals surface area contributed by atoms with E-state index in [-0.39, 0.29) is 6.42 Å². The predicted molar refractivity (Wildman–Crippen MR) is 132 cm³/mol. The number of aldehydes is 1. The van der Waals surface area contributed by atoms with E-state index in [0.717, 1.165) is 36.8 Å². The van der Waals surface area contributed by atoms with Gasteiger partial charge in [0.25, 0.3) is 0 Å². The molecule has 0 heterocycles.